The normalized spacial score (nSPS) is 21.5. The highest BCUT2D eigenvalue weighted by molar-refractivity contribution is 6.04. The number of hydrogen-bond acceptors (Lipinski definition) is 5. The van der Waals surface area contributed by atoms with Crippen LogP contribution in [0.25, 0.3) is 0 Å². The van der Waals surface area contributed by atoms with Gasteiger partial charge in [0.15, 0.2) is 5.78 Å². The fraction of sp³-hybridized carbons (Fsp3) is 0.455. The molecule has 5 heteroatoms. The van der Waals surface area contributed by atoms with E-state index in [0.717, 1.165) is 23.4 Å². The third kappa shape index (κ3) is 3.51. The molecule has 0 amide bonds. The van der Waals surface area contributed by atoms with Gasteiger partial charge in [0.05, 0.1) is 25.2 Å². The summed E-state index contributed by atoms with van der Waals surface area (Å²) in [6.45, 7) is 8.11. The standard InChI is InChI=1S/C22H27NO4/c1-6-27-21(25)18-13(2)23-15-11-22(3,4)12-16(24)20(15)19(18)14-9-7-8-10-17(14)26-5/h7-10,19,23H,6,11-12H2,1-5H3. The molecule has 0 spiro atoms. The number of dihydropyridines is 1. The predicted octanol–water partition coefficient (Wildman–Crippen LogP) is 3.86. The van der Waals surface area contributed by atoms with E-state index in [4.69, 9.17) is 9.47 Å². The van der Waals surface area contributed by atoms with Crippen molar-refractivity contribution in [1.82, 2.24) is 5.32 Å². The molecule has 0 fully saturated rings. The van der Waals surface area contributed by atoms with E-state index >= 15 is 0 Å². The van der Waals surface area contributed by atoms with Gasteiger partial charge in [0.25, 0.3) is 0 Å². The van der Waals surface area contributed by atoms with Gasteiger partial charge in [-0.15, -0.1) is 0 Å². The maximum atomic E-state index is 13.1. The van der Waals surface area contributed by atoms with Gasteiger partial charge in [-0.2, -0.15) is 0 Å². The third-order valence-electron chi connectivity index (χ3n) is 5.18. The first-order chi connectivity index (χ1) is 12.8. The molecular formula is C22H27NO4. The van der Waals surface area contributed by atoms with Crippen LogP contribution in [0.3, 0.4) is 0 Å². The van der Waals surface area contributed by atoms with Gasteiger partial charge in [0, 0.05) is 29.0 Å². The largest absolute Gasteiger partial charge is 0.496 e. The van der Waals surface area contributed by atoms with E-state index in [-0.39, 0.29) is 17.8 Å². The van der Waals surface area contributed by atoms with Crippen LogP contribution >= 0.6 is 0 Å². The van der Waals surface area contributed by atoms with Crippen LogP contribution in [0.4, 0.5) is 0 Å². The molecule has 1 aliphatic heterocycles. The number of methoxy groups -OCH3 is 1. The molecule has 1 aromatic carbocycles. The monoisotopic (exact) mass is 369 g/mol. The van der Waals surface area contributed by atoms with Crippen molar-refractivity contribution < 1.29 is 19.1 Å². The van der Waals surface area contributed by atoms with Gasteiger partial charge in [0.1, 0.15) is 5.75 Å². The van der Waals surface area contributed by atoms with Crippen LogP contribution in [0.5, 0.6) is 5.75 Å². The lowest BCUT2D eigenvalue weighted by Crippen LogP contribution is -2.38. The van der Waals surface area contributed by atoms with Crippen molar-refractivity contribution in [2.45, 2.75) is 46.5 Å². The first-order valence-electron chi connectivity index (χ1n) is 9.33. The molecule has 0 saturated carbocycles. The van der Waals surface area contributed by atoms with Gasteiger partial charge >= 0.3 is 5.97 Å². The number of benzene rings is 1. The molecular weight excluding hydrogens is 342 g/mol. The molecule has 0 radical (unpaired) electrons. The average molecular weight is 369 g/mol. The summed E-state index contributed by atoms with van der Waals surface area (Å²) in [6, 6.07) is 7.55. The number of allylic oxidation sites excluding steroid dienone is 3. The quantitative estimate of drug-likeness (QED) is 0.817. The molecule has 5 nitrogen and oxygen atoms in total. The van der Waals surface area contributed by atoms with Crippen molar-refractivity contribution in [2.75, 3.05) is 13.7 Å². The highest BCUT2D eigenvalue weighted by Crippen LogP contribution is 2.48. The van der Waals surface area contributed by atoms with Crippen molar-refractivity contribution in [3.05, 3.63) is 52.4 Å². The fourth-order valence-electron chi connectivity index (χ4n) is 4.13. The van der Waals surface area contributed by atoms with Crippen LogP contribution in [0.15, 0.2) is 46.8 Å². The Morgan fingerprint density at radius 1 is 1.26 bits per heavy atom. The molecule has 1 heterocycles. The zero-order valence-electron chi connectivity index (χ0n) is 16.6. The maximum Gasteiger partial charge on any atom is 0.336 e. The van der Waals surface area contributed by atoms with Crippen molar-refractivity contribution in [3.63, 3.8) is 0 Å². The minimum absolute atomic E-state index is 0.0685. The second-order valence-electron chi connectivity index (χ2n) is 7.89. The second-order valence-corrected chi connectivity index (χ2v) is 7.89. The highest BCUT2D eigenvalue weighted by Gasteiger charge is 2.43. The van der Waals surface area contributed by atoms with Crippen molar-refractivity contribution in [1.29, 1.82) is 0 Å². The molecule has 2 aliphatic rings. The number of rotatable bonds is 4. The van der Waals surface area contributed by atoms with Crippen LogP contribution in [-0.4, -0.2) is 25.5 Å². The lowest BCUT2D eigenvalue weighted by atomic mass is 9.68. The number of carbonyl (C=O) groups is 2. The van der Waals surface area contributed by atoms with Crippen molar-refractivity contribution >= 4 is 11.8 Å². The summed E-state index contributed by atoms with van der Waals surface area (Å²) in [4.78, 5) is 26.0. The summed E-state index contributed by atoms with van der Waals surface area (Å²) in [5.74, 6) is -0.162. The van der Waals surface area contributed by atoms with E-state index in [9.17, 15) is 9.59 Å². The number of carbonyl (C=O) groups excluding carboxylic acids is 2. The number of esters is 1. The van der Waals surface area contributed by atoms with Gasteiger partial charge in [-0.3, -0.25) is 4.79 Å². The summed E-state index contributed by atoms with van der Waals surface area (Å²) < 4.78 is 10.9. The number of ether oxygens (including phenoxy) is 2. The molecule has 3 rings (SSSR count). The molecule has 0 bridgehead atoms. The lowest BCUT2D eigenvalue weighted by molar-refractivity contribution is -0.138. The number of nitrogens with one attached hydrogen (secondary N) is 1. The van der Waals surface area contributed by atoms with Crippen LogP contribution in [0, 0.1) is 5.41 Å². The Balaban J connectivity index is 2.22. The molecule has 0 aromatic heterocycles. The Labute approximate surface area is 160 Å². The Bertz CT molecular complexity index is 848. The molecule has 27 heavy (non-hydrogen) atoms. The third-order valence-corrected chi connectivity index (χ3v) is 5.18. The second kappa shape index (κ2) is 7.22. The molecule has 1 atom stereocenters. The molecule has 0 saturated heterocycles. The molecule has 1 unspecified atom stereocenters. The molecule has 144 valence electrons. The van der Waals surface area contributed by atoms with E-state index in [1.54, 1.807) is 14.0 Å². The van der Waals surface area contributed by atoms with Crippen LogP contribution in [0.1, 0.15) is 52.0 Å². The molecule has 1 aliphatic carbocycles. The first-order valence-corrected chi connectivity index (χ1v) is 9.33. The smallest absolute Gasteiger partial charge is 0.336 e. The zero-order valence-corrected chi connectivity index (χ0v) is 16.6. The van der Waals surface area contributed by atoms with Gasteiger partial charge in [-0.05, 0) is 31.7 Å². The number of Topliss-reactive ketones (excluding diaryl/α,β-unsaturated/α-hetero) is 1. The van der Waals surface area contributed by atoms with Crippen molar-refractivity contribution in [2.24, 2.45) is 5.41 Å². The van der Waals surface area contributed by atoms with E-state index in [1.165, 1.54) is 0 Å². The van der Waals surface area contributed by atoms with Crippen LogP contribution < -0.4 is 10.1 Å². The van der Waals surface area contributed by atoms with Crippen LogP contribution in [-0.2, 0) is 14.3 Å². The summed E-state index contributed by atoms with van der Waals surface area (Å²) >= 11 is 0. The summed E-state index contributed by atoms with van der Waals surface area (Å²) in [5, 5.41) is 3.33. The van der Waals surface area contributed by atoms with Gasteiger partial charge in [-0.1, -0.05) is 32.0 Å². The van der Waals surface area contributed by atoms with Crippen LogP contribution in [0.2, 0.25) is 0 Å². The lowest BCUT2D eigenvalue weighted by Gasteiger charge is -2.39. The SMILES string of the molecule is CCOC(=O)C1=C(C)NC2=C(C(=O)CC(C)(C)C2)C1c1ccccc1OC. The van der Waals surface area contributed by atoms with E-state index in [1.807, 2.05) is 31.2 Å². The topological polar surface area (TPSA) is 64.6 Å². The Morgan fingerprint density at radius 2 is 1.96 bits per heavy atom. The Morgan fingerprint density at radius 3 is 2.63 bits per heavy atom. The number of hydrogen-bond donors (Lipinski definition) is 1. The first kappa shape index (κ1) is 19.2. The number of para-hydroxylation sites is 1. The Kier molecular flexibility index (Phi) is 5.13. The Hall–Kier alpha value is -2.56. The minimum atomic E-state index is -0.486. The zero-order chi connectivity index (χ0) is 19.8. The van der Waals surface area contributed by atoms with E-state index in [0.29, 0.717) is 23.3 Å². The van der Waals surface area contributed by atoms with Gasteiger partial charge in [0.2, 0.25) is 0 Å². The van der Waals surface area contributed by atoms with E-state index in [2.05, 4.69) is 19.2 Å². The minimum Gasteiger partial charge on any atom is -0.496 e. The molecule has 1 N–H and O–H groups in total. The maximum absolute atomic E-state index is 13.1. The van der Waals surface area contributed by atoms with E-state index < -0.39 is 11.9 Å². The summed E-state index contributed by atoms with van der Waals surface area (Å²) in [7, 11) is 1.60. The fourth-order valence-corrected chi connectivity index (χ4v) is 4.13. The highest BCUT2D eigenvalue weighted by atomic mass is 16.5. The average Bonchev–Trinajstić information content (AvgIpc) is 2.59. The summed E-state index contributed by atoms with van der Waals surface area (Å²) in [5.41, 5.74) is 3.46. The van der Waals surface area contributed by atoms with Crippen molar-refractivity contribution in [3.8, 4) is 5.75 Å². The number of ketones is 1. The predicted molar refractivity (Wildman–Crippen MR) is 103 cm³/mol. The molecule has 1 aromatic rings. The van der Waals surface area contributed by atoms with Gasteiger partial charge in [-0.25, -0.2) is 4.79 Å². The summed E-state index contributed by atoms with van der Waals surface area (Å²) in [6.07, 6.45) is 1.21. The van der Waals surface area contributed by atoms with Gasteiger partial charge < -0.3 is 14.8 Å².